The van der Waals surface area contributed by atoms with Crippen LogP contribution in [0.2, 0.25) is 0 Å². The first kappa shape index (κ1) is 13.2. The number of carbonyl (C=O) groups excluding carboxylic acids is 1. The lowest BCUT2D eigenvalue weighted by Crippen LogP contribution is -2.30. The number of hydrogen-bond donors (Lipinski definition) is 2. The number of nitrogens with two attached hydrogens (primary N) is 1. The molecule has 0 bridgehead atoms. The summed E-state index contributed by atoms with van der Waals surface area (Å²) in [6.07, 6.45) is 1.66. The lowest BCUT2D eigenvalue weighted by Gasteiger charge is -2.10. The Kier molecular flexibility index (Phi) is 5.77. The van der Waals surface area contributed by atoms with Gasteiger partial charge in [-0.15, -0.1) is 6.58 Å². The monoisotopic (exact) mass is 236 g/mol. The molecule has 1 aromatic rings. The third-order valence-electron chi connectivity index (χ3n) is 1.98. The van der Waals surface area contributed by atoms with Gasteiger partial charge in [0.15, 0.2) is 0 Å². The van der Waals surface area contributed by atoms with Crippen molar-refractivity contribution in [1.82, 2.24) is 5.43 Å². The average molecular weight is 236 g/mol. The van der Waals surface area contributed by atoms with Crippen molar-refractivity contribution in [3.8, 4) is 5.75 Å². The van der Waals surface area contributed by atoms with E-state index >= 15 is 0 Å². The van der Waals surface area contributed by atoms with Crippen LogP contribution in [0.4, 0.5) is 0 Å². The highest BCUT2D eigenvalue weighted by Crippen LogP contribution is 2.17. The molecule has 5 heteroatoms. The van der Waals surface area contributed by atoms with Crippen molar-refractivity contribution in [2.24, 2.45) is 5.84 Å². The molecule has 0 atom stereocenters. The molecule has 0 fully saturated rings. The third kappa shape index (κ3) is 4.26. The second kappa shape index (κ2) is 7.43. The number of carbonyl (C=O) groups is 1. The fraction of sp³-hybridized carbons (Fsp3) is 0.250. The zero-order valence-corrected chi connectivity index (χ0v) is 9.52. The SMILES string of the molecule is C=CCOCCOc1ccccc1C(=O)NN. The molecule has 3 N–H and O–H groups in total. The van der Waals surface area contributed by atoms with Gasteiger partial charge in [-0.3, -0.25) is 10.2 Å². The van der Waals surface area contributed by atoms with Crippen molar-refractivity contribution in [1.29, 1.82) is 0 Å². The minimum atomic E-state index is -0.382. The summed E-state index contributed by atoms with van der Waals surface area (Å²) in [7, 11) is 0. The largest absolute Gasteiger partial charge is 0.490 e. The zero-order chi connectivity index (χ0) is 12.5. The Morgan fingerprint density at radius 3 is 2.88 bits per heavy atom. The molecule has 5 nitrogen and oxygen atoms in total. The Bertz CT molecular complexity index is 380. The number of rotatable bonds is 7. The quantitative estimate of drug-likeness (QED) is 0.242. The Balaban J connectivity index is 2.52. The predicted molar refractivity (Wildman–Crippen MR) is 64.6 cm³/mol. The summed E-state index contributed by atoms with van der Waals surface area (Å²) in [4.78, 5) is 11.4. The Morgan fingerprint density at radius 1 is 1.41 bits per heavy atom. The highest BCUT2D eigenvalue weighted by molar-refractivity contribution is 5.96. The van der Waals surface area contributed by atoms with Crippen LogP contribution in [0, 0.1) is 0 Å². The molecule has 0 radical (unpaired) electrons. The van der Waals surface area contributed by atoms with Gasteiger partial charge in [0.1, 0.15) is 12.4 Å². The van der Waals surface area contributed by atoms with E-state index in [1.54, 1.807) is 30.3 Å². The van der Waals surface area contributed by atoms with Gasteiger partial charge >= 0.3 is 0 Å². The van der Waals surface area contributed by atoms with Crippen molar-refractivity contribution >= 4 is 5.91 Å². The van der Waals surface area contributed by atoms with E-state index in [-0.39, 0.29) is 5.91 Å². The number of nitrogen functional groups attached to an aromatic ring is 1. The Morgan fingerprint density at radius 2 is 2.18 bits per heavy atom. The van der Waals surface area contributed by atoms with E-state index in [9.17, 15) is 4.79 Å². The van der Waals surface area contributed by atoms with Crippen molar-refractivity contribution in [3.05, 3.63) is 42.5 Å². The second-order valence-corrected chi connectivity index (χ2v) is 3.18. The molecule has 1 rings (SSSR count). The van der Waals surface area contributed by atoms with Crippen molar-refractivity contribution in [2.75, 3.05) is 19.8 Å². The number of benzene rings is 1. The van der Waals surface area contributed by atoms with E-state index in [0.717, 1.165) is 0 Å². The molecule has 0 heterocycles. The molecule has 0 spiro atoms. The lowest BCUT2D eigenvalue weighted by atomic mass is 10.2. The van der Waals surface area contributed by atoms with Gasteiger partial charge in [-0.1, -0.05) is 18.2 Å². The molecular weight excluding hydrogens is 220 g/mol. The first-order valence-electron chi connectivity index (χ1n) is 5.21. The van der Waals surface area contributed by atoms with Gasteiger partial charge in [0, 0.05) is 0 Å². The maximum absolute atomic E-state index is 11.4. The van der Waals surface area contributed by atoms with Crippen LogP contribution >= 0.6 is 0 Å². The van der Waals surface area contributed by atoms with Crippen LogP contribution in [-0.4, -0.2) is 25.7 Å². The molecule has 0 aromatic heterocycles. The van der Waals surface area contributed by atoms with E-state index in [2.05, 4.69) is 12.0 Å². The molecule has 0 aliphatic heterocycles. The molecule has 17 heavy (non-hydrogen) atoms. The number of ether oxygens (including phenoxy) is 2. The highest BCUT2D eigenvalue weighted by Gasteiger charge is 2.09. The number of nitrogens with one attached hydrogen (secondary N) is 1. The van der Waals surface area contributed by atoms with Gasteiger partial charge in [0.25, 0.3) is 5.91 Å². The minimum absolute atomic E-state index is 0.364. The van der Waals surface area contributed by atoms with Gasteiger partial charge in [0.05, 0.1) is 18.8 Å². The van der Waals surface area contributed by atoms with E-state index in [4.69, 9.17) is 15.3 Å². The summed E-state index contributed by atoms with van der Waals surface area (Å²) in [6.45, 7) is 4.81. The molecule has 0 aliphatic rings. The number of hydrogen-bond acceptors (Lipinski definition) is 4. The fourth-order valence-corrected chi connectivity index (χ4v) is 1.24. The van der Waals surface area contributed by atoms with Crippen LogP contribution in [0.15, 0.2) is 36.9 Å². The van der Waals surface area contributed by atoms with E-state index in [1.807, 2.05) is 0 Å². The molecule has 1 amide bonds. The van der Waals surface area contributed by atoms with Gasteiger partial charge < -0.3 is 9.47 Å². The first-order valence-corrected chi connectivity index (χ1v) is 5.21. The van der Waals surface area contributed by atoms with Gasteiger partial charge in [-0.2, -0.15) is 0 Å². The summed E-state index contributed by atoms with van der Waals surface area (Å²) in [5, 5.41) is 0. The molecular formula is C12H16N2O3. The molecule has 92 valence electrons. The smallest absolute Gasteiger partial charge is 0.268 e. The van der Waals surface area contributed by atoms with Gasteiger partial charge in [-0.05, 0) is 12.1 Å². The van der Waals surface area contributed by atoms with Crippen LogP contribution in [0.1, 0.15) is 10.4 Å². The zero-order valence-electron chi connectivity index (χ0n) is 9.52. The van der Waals surface area contributed by atoms with E-state index in [0.29, 0.717) is 31.1 Å². The number of amides is 1. The van der Waals surface area contributed by atoms with Crippen molar-refractivity contribution in [3.63, 3.8) is 0 Å². The molecule has 1 aromatic carbocycles. The standard InChI is InChI=1S/C12H16N2O3/c1-2-7-16-8-9-17-11-6-4-3-5-10(11)12(15)14-13/h2-6H,1,7-9,13H2,(H,14,15). The highest BCUT2D eigenvalue weighted by atomic mass is 16.5. The topological polar surface area (TPSA) is 73.6 Å². The summed E-state index contributed by atoms with van der Waals surface area (Å²) in [5.74, 6) is 5.18. The maximum Gasteiger partial charge on any atom is 0.268 e. The summed E-state index contributed by atoms with van der Waals surface area (Å²) >= 11 is 0. The van der Waals surface area contributed by atoms with Crippen LogP contribution in [0.25, 0.3) is 0 Å². The van der Waals surface area contributed by atoms with Crippen LogP contribution in [0.3, 0.4) is 0 Å². The second-order valence-electron chi connectivity index (χ2n) is 3.18. The van der Waals surface area contributed by atoms with E-state index in [1.165, 1.54) is 0 Å². The average Bonchev–Trinajstić information content (AvgIpc) is 2.38. The van der Waals surface area contributed by atoms with Crippen LogP contribution in [0.5, 0.6) is 5.75 Å². The first-order chi connectivity index (χ1) is 8.29. The van der Waals surface area contributed by atoms with Crippen molar-refractivity contribution in [2.45, 2.75) is 0 Å². The fourth-order valence-electron chi connectivity index (χ4n) is 1.24. The third-order valence-corrected chi connectivity index (χ3v) is 1.98. The summed E-state index contributed by atoms with van der Waals surface area (Å²) < 4.78 is 10.6. The number of hydrazine groups is 1. The maximum atomic E-state index is 11.4. The van der Waals surface area contributed by atoms with Crippen molar-refractivity contribution < 1.29 is 14.3 Å². The summed E-state index contributed by atoms with van der Waals surface area (Å²) in [6, 6.07) is 6.87. The Labute approximate surface area is 100 Å². The lowest BCUT2D eigenvalue weighted by molar-refractivity contribution is 0.0942. The predicted octanol–water partition coefficient (Wildman–Crippen LogP) is 0.872. The Hall–Kier alpha value is -1.85. The van der Waals surface area contributed by atoms with E-state index < -0.39 is 0 Å². The van der Waals surface area contributed by atoms with Crippen LogP contribution < -0.4 is 16.0 Å². The minimum Gasteiger partial charge on any atom is -0.490 e. The van der Waals surface area contributed by atoms with Gasteiger partial charge in [-0.25, -0.2) is 5.84 Å². The summed E-state index contributed by atoms with van der Waals surface area (Å²) in [5.41, 5.74) is 2.47. The van der Waals surface area contributed by atoms with Gasteiger partial charge in [0.2, 0.25) is 0 Å². The normalized spacial score (nSPS) is 9.71. The molecule has 0 saturated carbocycles. The molecule has 0 unspecified atom stereocenters. The molecule has 0 saturated heterocycles. The van der Waals surface area contributed by atoms with Crippen LogP contribution in [-0.2, 0) is 4.74 Å². The molecule has 0 aliphatic carbocycles. The number of para-hydroxylation sites is 1.